The first-order valence-electron chi connectivity index (χ1n) is 4.47. The van der Waals surface area contributed by atoms with Gasteiger partial charge in [-0.05, 0) is 0 Å². The average Bonchev–Trinajstić information content (AvgIpc) is 2.67. The molecular formula is C8H14N4O. The highest BCUT2D eigenvalue weighted by Crippen LogP contribution is 2.12. The summed E-state index contributed by atoms with van der Waals surface area (Å²) in [4.78, 5) is 2.19. The van der Waals surface area contributed by atoms with E-state index in [0.717, 1.165) is 37.8 Å². The molecule has 1 aliphatic heterocycles. The van der Waals surface area contributed by atoms with Crippen molar-refractivity contribution in [3.05, 3.63) is 11.8 Å². The lowest BCUT2D eigenvalue weighted by Crippen LogP contribution is -2.36. The maximum absolute atomic E-state index is 5.48. The lowest BCUT2D eigenvalue weighted by molar-refractivity contribution is 0.122. The minimum Gasteiger partial charge on any atom is -0.378 e. The summed E-state index contributed by atoms with van der Waals surface area (Å²) in [6.45, 7) is 3.90. The summed E-state index contributed by atoms with van der Waals surface area (Å²) in [5.74, 6) is 0.976. The predicted molar refractivity (Wildman–Crippen MR) is 49.5 cm³/mol. The van der Waals surface area contributed by atoms with Crippen LogP contribution in [0.25, 0.3) is 0 Å². The van der Waals surface area contributed by atoms with Gasteiger partial charge in [0.2, 0.25) is 0 Å². The minimum atomic E-state index is 0.511. The molecule has 72 valence electrons. The quantitative estimate of drug-likeness (QED) is 0.659. The van der Waals surface area contributed by atoms with E-state index in [1.807, 2.05) is 6.07 Å². The number of ether oxygens (including phenoxy) is 1. The molecule has 5 heteroatoms. The van der Waals surface area contributed by atoms with Crippen molar-refractivity contribution in [2.45, 2.75) is 6.54 Å². The van der Waals surface area contributed by atoms with Crippen LogP contribution in [0.1, 0.15) is 5.69 Å². The van der Waals surface area contributed by atoms with Crippen molar-refractivity contribution in [3.8, 4) is 0 Å². The number of hydrogen-bond acceptors (Lipinski definition) is 4. The van der Waals surface area contributed by atoms with Crippen LogP contribution in [0.5, 0.6) is 0 Å². The van der Waals surface area contributed by atoms with Gasteiger partial charge >= 0.3 is 0 Å². The Bertz CT molecular complexity index is 267. The first-order chi connectivity index (χ1) is 6.40. The second kappa shape index (κ2) is 3.76. The maximum Gasteiger partial charge on any atom is 0.150 e. The van der Waals surface area contributed by atoms with Gasteiger partial charge in [-0.15, -0.1) is 0 Å². The molecule has 0 saturated carbocycles. The topological polar surface area (TPSA) is 67.2 Å². The van der Waals surface area contributed by atoms with Gasteiger partial charge in [0, 0.05) is 25.7 Å². The van der Waals surface area contributed by atoms with E-state index in [9.17, 15) is 0 Å². The number of aromatic nitrogens is 2. The summed E-state index contributed by atoms with van der Waals surface area (Å²) in [5, 5.41) is 7.07. The van der Waals surface area contributed by atoms with Crippen LogP contribution in [0.4, 0.5) is 5.82 Å². The third-order valence-electron chi connectivity index (χ3n) is 2.17. The fourth-order valence-corrected chi connectivity index (χ4v) is 1.41. The SMILES string of the molecule is NCc1cc(N2CCOCC2)n[nH]1. The van der Waals surface area contributed by atoms with Crippen LogP contribution in [0.3, 0.4) is 0 Å². The molecule has 2 heterocycles. The summed E-state index contributed by atoms with van der Waals surface area (Å²) in [5.41, 5.74) is 6.45. The molecule has 13 heavy (non-hydrogen) atoms. The van der Waals surface area contributed by atoms with Gasteiger partial charge in [-0.1, -0.05) is 0 Å². The molecule has 0 bridgehead atoms. The fraction of sp³-hybridized carbons (Fsp3) is 0.625. The van der Waals surface area contributed by atoms with Crippen LogP contribution in [-0.4, -0.2) is 36.5 Å². The molecule has 1 aromatic rings. The molecule has 0 spiro atoms. The maximum atomic E-state index is 5.48. The molecule has 1 aliphatic rings. The van der Waals surface area contributed by atoms with Crippen LogP contribution in [-0.2, 0) is 11.3 Å². The van der Waals surface area contributed by atoms with Gasteiger partial charge in [-0.25, -0.2) is 0 Å². The second-order valence-corrected chi connectivity index (χ2v) is 3.05. The van der Waals surface area contributed by atoms with Crippen molar-refractivity contribution in [2.24, 2.45) is 5.73 Å². The summed E-state index contributed by atoms with van der Waals surface area (Å²) in [6.07, 6.45) is 0. The van der Waals surface area contributed by atoms with Crippen LogP contribution >= 0.6 is 0 Å². The van der Waals surface area contributed by atoms with Crippen molar-refractivity contribution in [1.29, 1.82) is 0 Å². The molecular weight excluding hydrogens is 168 g/mol. The van der Waals surface area contributed by atoms with E-state index in [4.69, 9.17) is 10.5 Å². The number of aromatic amines is 1. The zero-order valence-electron chi connectivity index (χ0n) is 7.49. The van der Waals surface area contributed by atoms with E-state index in [1.165, 1.54) is 0 Å². The van der Waals surface area contributed by atoms with Crippen molar-refractivity contribution in [2.75, 3.05) is 31.2 Å². The molecule has 1 aromatic heterocycles. The molecule has 5 nitrogen and oxygen atoms in total. The number of hydrogen-bond donors (Lipinski definition) is 2. The number of morpholine rings is 1. The van der Waals surface area contributed by atoms with Crippen molar-refractivity contribution in [3.63, 3.8) is 0 Å². The van der Waals surface area contributed by atoms with Crippen LogP contribution in [0.2, 0.25) is 0 Å². The van der Waals surface area contributed by atoms with Crippen molar-refractivity contribution < 1.29 is 4.74 Å². The summed E-state index contributed by atoms with van der Waals surface area (Å²) in [7, 11) is 0. The van der Waals surface area contributed by atoms with E-state index in [1.54, 1.807) is 0 Å². The van der Waals surface area contributed by atoms with Gasteiger partial charge in [0.25, 0.3) is 0 Å². The van der Waals surface area contributed by atoms with E-state index in [-0.39, 0.29) is 0 Å². The standard InChI is InChI=1S/C8H14N4O/c9-6-7-5-8(11-10-7)12-1-3-13-4-2-12/h5H,1-4,6,9H2,(H,10,11). The average molecular weight is 182 g/mol. The number of anilines is 1. The Labute approximate surface area is 76.9 Å². The summed E-state index contributed by atoms with van der Waals surface area (Å²) >= 11 is 0. The number of nitrogens with two attached hydrogens (primary N) is 1. The second-order valence-electron chi connectivity index (χ2n) is 3.05. The Morgan fingerprint density at radius 2 is 2.31 bits per heavy atom. The van der Waals surface area contributed by atoms with Crippen molar-refractivity contribution >= 4 is 5.82 Å². The Balaban J connectivity index is 2.05. The molecule has 0 aromatic carbocycles. The molecule has 0 unspecified atom stereocenters. The van der Waals surface area contributed by atoms with Gasteiger partial charge in [0.05, 0.1) is 18.9 Å². The Kier molecular flexibility index (Phi) is 2.47. The van der Waals surface area contributed by atoms with Gasteiger partial charge in [0.15, 0.2) is 5.82 Å². The molecule has 0 aliphatic carbocycles. The zero-order chi connectivity index (χ0) is 9.10. The Hall–Kier alpha value is -1.07. The number of H-pyrrole nitrogens is 1. The lowest BCUT2D eigenvalue weighted by atomic mass is 10.4. The molecule has 0 amide bonds. The highest BCUT2D eigenvalue weighted by Gasteiger charge is 2.13. The normalized spacial score (nSPS) is 17.8. The smallest absolute Gasteiger partial charge is 0.150 e. The third-order valence-corrected chi connectivity index (χ3v) is 2.17. The van der Waals surface area contributed by atoms with E-state index < -0.39 is 0 Å². The summed E-state index contributed by atoms with van der Waals surface area (Å²) < 4.78 is 5.25. The molecule has 0 atom stereocenters. The van der Waals surface area contributed by atoms with Crippen molar-refractivity contribution in [1.82, 2.24) is 10.2 Å². The fourth-order valence-electron chi connectivity index (χ4n) is 1.41. The third kappa shape index (κ3) is 1.81. The number of nitrogens with zero attached hydrogens (tertiary/aromatic N) is 2. The largest absolute Gasteiger partial charge is 0.378 e. The number of nitrogens with one attached hydrogen (secondary N) is 1. The molecule has 0 radical (unpaired) electrons. The van der Waals surface area contributed by atoms with E-state index >= 15 is 0 Å². The van der Waals surface area contributed by atoms with Crippen LogP contribution < -0.4 is 10.6 Å². The highest BCUT2D eigenvalue weighted by molar-refractivity contribution is 5.39. The Morgan fingerprint density at radius 3 is 2.92 bits per heavy atom. The van der Waals surface area contributed by atoms with Gasteiger partial charge in [-0.3, -0.25) is 5.10 Å². The van der Waals surface area contributed by atoms with Crippen LogP contribution in [0.15, 0.2) is 6.07 Å². The summed E-state index contributed by atoms with van der Waals surface area (Å²) in [6, 6.07) is 1.99. The molecule has 1 saturated heterocycles. The van der Waals surface area contributed by atoms with Gasteiger partial charge in [-0.2, -0.15) is 5.10 Å². The monoisotopic (exact) mass is 182 g/mol. The molecule has 1 fully saturated rings. The minimum absolute atomic E-state index is 0.511. The van der Waals surface area contributed by atoms with Crippen LogP contribution in [0, 0.1) is 0 Å². The van der Waals surface area contributed by atoms with E-state index in [0.29, 0.717) is 6.54 Å². The first kappa shape index (κ1) is 8.52. The Morgan fingerprint density at radius 1 is 1.54 bits per heavy atom. The first-order valence-corrected chi connectivity index (χ1v) is 4.47. The van der Waals surface area contributed by atoms with Gasteiger partial charge in [0.1, 0.15) is 0 Å². The highest BCUT2D eigenvalue weighted by atomic mass is 16.5. The predicted octanol–water partition coefficient (Wildman–Crippen LogP) is -0.295. The molecule has 3 N–H and O–H groups in total. The van der Waals surface area contributed by atoms with Gasteiger partial charge < -0.3 is 15.4 Å². The zero-order valence-corrected chi connectivity index (χ0v) is 7.49. The molecule has 2 rings (SSSR count). The lowest BCUT2D eigenvalue weighted by Gasteiger charge is -2.26. The number of rotatable bonds is 2. The van der Waals surface area contributed by atoms with E-state index in [2.05, 4.69) is 15.1 Å².